The third kappa shape index (κ3) is 2.00. The lowest BCUT2D eigenvalue weighted by Crippen LogP contribution is -2.40. The molecule has 1 aliphatic rings. The summed E-state index contributed by atoms with van der Waals surface area (Å²) in [5.41, 5.74) is 1.58. The Morgan fingerprint density at radius 1 is 1.05 bits per heavy atom. The Bertz CT molecular complexity index is 666. The number of fused-ring (bicyclic) bond motifs is 1. The highest BCUT2D eigenvalue weighted by Gasteiger charge is 2.33. The Balaban J connectivity index is 1.91. The largest absolute Gasteiger partial charge is 0.367 e. The first-order chi connectivity index (χ1) is 9.68. The number of nitrogens with zero attached hydrogens (tertiary/aromatic N) is 1. The Labute approximate surface area is 116 Å². The molecule has 1 N–H and O–H groups in total. The quantitative estimate of drug-likeness (QED) is 0.863. The molecule has 100 valence electrons. The zero-order chi connectivity index (χ0) is 14.1. The SMILES string of the molecule is O=C1CN(C(O)C(=O)c2ccccc2)c2ccccc21. The van der Waals surface area contributed by atoms with E-state index in [1.807, 2.05) is 0 Å². The molecule has 4 nitrogen and oxygen atoms in total. The van der Waals surface area contributed by atoms with Crippen molar-refractivity contribution in [1.82, 2.24) is 0 Å². The maximum absolute atomic E-state index is 12.2. The number of rotatable bonds is 3. The second kappa shape index (κ2) is 4.90. The lowest BCUT2D eigenvalue weighted by atomic mass is 10.1. The average Bonchev–Trinajstić information content (AvgIpc) is 2.84. The fraction of sp³-hybridized carbons (Fsp3) is 0.125. The Hall–Kier alpha value is -2.46. The number of para-hydroxylation sites is 1. The topological polar surface area (TPSA) is 57.6 Å². The number of anilines is 1. The summed E-state index contributed by atoms with van der Waals surface area (Å²) in [5.74, 6) is -0.490. The van der Waals surface area contributed by atoms with Gasteiger partial charge in [-0.15, -0.1) is 0 Å². The highest BCUT2D eigenvalue weighted by Crippen LogP contribution is 2.29. The van der Waals surface area contributed by atoms with Gasteiger partial charge in [0.25, 0.3) is 0 Å². The summed E-state index contributed by atoms with van der Waals surface area (Å²) in [5, 5.41) is 10.3. The number of hydrogen-bond acceptors (Lipinski definition) is 4. The van der Waals surface area contributed by atoms with Crippen molar-refractivity contribution in [2.75, 3.05) is 11.4 Å². The Morgan fingerprint density at radius 2 is 1.70 bits per heavy atom. The van der Waals surface area contributed by atoms with Gasteiger partial charge in [0.2, 0.25) is 5.78 Å². The molecule has 1 heterocycles. The minimum absolute atomic E-state index is 0.0269. The third-order valence-electron chi connectivity index (χ3n) is 3.42. The normalized spacial score (nSPS) is 15.1. The maximum atomic E-state index is 12.2. The number of hydrogen-bond donors (Lipinski definition) is 1. The molecule has 0 saturated heterocycles. The van der Waals surface area contributed by atoms with Gasteiger partial charge in [0, 0.05) is 11.1 Å². The van der Waals surface area contributed by atoms with Crippen LogP contribution in [0.1, 0.15) is 20.7 Å². The van der Waals surface area contributed by atoms with Crippen molar-refractivity contribution in [1.29, 1.82) is 0 Å². The molecule has 0 spiro atoms. The van der Waals surface area contributed by atoms with Crippen LogP contribution in [0.5, 0.6) is 0 Å². The summed E-state index contributed by atoms with van der Waals surface area (Å²) in [6.45, 7) is 0.0269. The van der Waals surface area contributed by atoms with Crippen LogP contribution >= 0.6 is 0 Å². The summed E-state index contributed by atoms with van der Waals surface area (Å²) in [7, 11) is 0. The number of Topliss-reactive ketones (excluding diaryl/α,β-unsaturated/α-hetero) is 2. The number of aliphatic hydroxyl groups excluding tert-OH is 1. The van der Waals surface area contributed by atoms with Gasteiger partial charge in [-0.05, 0) is 12.1 Å². The van der Waals surface area contributed by atoms with Crippen LogP contribution in [0.4, 0.5) is 5.69 Å². The zero-order valence-electron chi connectivity index (χ0n) is 10.7. The monoisotopic (exact) mass is 267 g/mol. The lowest BCUT2D eigenvalue weighted by molar-refractivity contribution is 0.0739. The van der Waals surface area contributed by atoms with E-state index < -0.39 is 12.0 Å². The predicted molar refractivity (Wildman–Crippen MR) is 74.9 cm³/mol. The second-order valence-corrected chi connectivity index (χ2v) is 4.67. The fourth-order valence-electron chi connectivity index (χ4n) is 2.40. The van der Waals surface area contributed by atoms with Crippen molar-refractivity contribution < 1.29 is 14.7 Å². The molecule has 0 aliphatic carbocycles. The van der Waals surface area contributed by atoms with E-state index in [1.165, 1.54) is 4.90 Å². The molecule has 4 heteroatoms. The van der Waals surface area contributed by atoms with Gasteiger partial charge < -0.3 is 10.0 Å². The van der Waals surface area contributed by atoms with Crippen molar-refractivity contribution in [2.24, 2.45) is 0 Å². The van der Waals surface area contributed by atoms with Gasteiger partial charge in [-0.3, -0.25) is 9.59 Å². The molecule has 0 bridgehead atoms. The average molecular weight is 267 g/mol. The molecule has 0 fully saturated rings. The van der Waals surface area contributed by atoms with Crippen LogP contribution in [0, 0.1) is 0 Å². The second-order valence-electron chi connectivity index (χ2n) is 4.67. The van der Waals surface area contributed by atoms with Crippen LogP contribution in [-0.2, 0) is 0 Å². The van der Waals surface area contributed by atoms with E-state index in [1.54, 1.807) is 54.6 Å². The van der Waals surface area contributed by atoms with Gasteiger partial charge >= 0.3 is 0 Å². The molecule has 20 heavy (non-hydrogen) atoms. The minimum Gasteiger partial charge on any atom is -0.367 e. The van der Waals surface area contributed by atoms with Gasteiger partial charge in [0.05, 0.1) is 12.2 Å². The molecular weight excluding hydrogens is 254 g/mol. The van der Waals surface area contributed by atoms with Crippen molar-refractivity contribution in [3.8, 4) is 0 Å². The molecule has 1 unspecified atom stereocenters. The maximum Gasteiger partial charge on any atom is 0.212 e. The van der Waals surface area contributed by atoms with Crippen molar-refractivity contribution in [3.63, 3.8) is 0 Å². The zero-order valence-corrected chi connectivity index (χ0v) is 10.7. The highest BCUT2D eigenvalue weighted by molar-refractivity contribution is 6.11. The van der Waals surface area contributed by atoms with E-state index in [0.29, 0.717) is 16.8 Å². The molecule has 0 aromatic heterocycles. The predicted octanol–water partition coefficient (Wildman–Crippen LogP) is 1.89. The minimum atomic E-state index is -1.34. The van der Waals surface area contributed by atoms with Crippen molar-refractivity contribution >= 4 is 17.3 Å². The van der Waals surface area contributed by atoms with Gasteiger partial charge in [-0.25, -0.2) is 0 Å². The van der Waals surface area contributed by atoms with Crippen LogP contribution in [0.2, 0.25) is 0 Å². The Morgan fingerprint density at radius 3 is 2.45 bits per heavy atom. The van der Waals surface area contributed by atoms with Gasteiger partial charge in [0.1, 0.15) is 0 Å². The molecule has 0 amide bonds. The molecule has 2 aromatic carbocycles. The Kier molecular flexibility index (Phi) is 3.08. The van der Waals surface area contributed by atoms with E-state index in [4.69, 9.17) is 0 Å². The summed E-state index contributed by atoms with van der Waals surface area (Å²) < 4.78 is 0. The number of ketones is 2. The van der Waals surface area contributed by atoms with Gasteiger partial charge in [-0.1, -0.05) is 42.5 Å². The molecule has 1 atom stereocenters. The van der Waals surface area contributed by atoms with Crippen molar-refractivity contribution in [2.45, 2.75) is 6.23 Å². The van der Waals surface area contributed by atoms with Crippen LogP contribution in [0.3, 0.4) is 0 Å². The smallest absolute Gasteiger partial charge is 0.212 e. The molecule has 1 aliphatic heterocycles. The van der Waals surface area contributed by atoms with Crippen LogP contribution in [-0.4, -0.2) is 29.4 Å². The van der Waals surface area contributed by atoms with Crippen LogP contribution in [0.25, 0.3) is 0 Å². The number of benzene rings is 2. The van der Waals surface area contributed by atoms with E-state index in [9.17, 15) is 14.7 Å². The van der Waals surface area contributed by atoms with E-state index in [2.05, 4.69) is 0 Å². The first kappa shape index (κ1) is 12.6. The third-order valence-corrected chi connectivity index (χ3v) is 3.42. The number of carbonyl (C=O) groups excluding carboxylic acids is 2. The molecule has 0 radical (unpaired) electrons. The summed E-state index contributed by atoms with van der Waals surface area (Å²) in [4.78, 5) is 25.6. The van der Waals surface area contributed by atoms with E-state index >= 15 is 0 Å². The van der Waals surface area contributed by atoms with E-state index in [-0.39, 0.29) is 12.3 Å². The first-order valence-corrected chi connectivity index (χ1v) is 6.34. The first-order valence-electron chi connectivity index (χ1n) is 6.34. The lowest BCUT2D eigenvalue weighted by Gasteiger charge is -2.23. The highest BCUT2D eigenvalue weighted by atomic mass is 16.3. The van der Waals surface area contributed by atoms with Gasteiger partial charge in [-0.2, -0.15) is 0 Å². The number of carbonyl (C=O) groups is 2. The van der Waals surface area contributed by atoms with E-state index in [0.717, 1.165) is 0 Å². The fourth-order valence-corrected chi connectivity index (χ4v) is 2.40. The molecule has 3 rings (SSSR count). The summed E-state index contributed by atoms with van der Waals surface area (Å²) in [6, 6.07) is 15.6. The molecule has 0 saturated carbocycles. The molecule has 2 aromatic rings. The van der Waals surface area contributed by atoms with Crippen molar-refractivity contribution in [3.05, 3.63) is 65.7 Å². The molecular formula is C16H13NO3. The van der Waals surface area contributed by atoms with Crippen LogP contribution < -0.4 is 4.90 Å². The number of aliphatic hydroxyl groups is 1. The van der Waals surface area contributed by atoms with Gasteiger partial charge in [0.15, 0.2) is 12.0 Å². The summed E-state index contributed by atoms with van der Waals surface area (Å²) >= 11 is 0. The summed E-state index contributed by atoms with van der Waals surface area (Å²) in [6.07, 6.45) is -1.34. The standard InChI is InChI=1S/C16H13NO3/c18-14-10-17(13-9-5-4-8-12(13)14)16(20)15(19)11-6-2-1-3-7-11/h1-9,16,20H,10H2. The van der Waals surface area contributed by atoms with Crippen LogP contribution in [0.15, 0.2) is 54.6 Å².